The number of hydrogen-bond donors (Lipinski definition) is 1. The van der Waals surface area contributed by atoms with E-state index in [1.54, 1.807) is 0 Å². The van der Waals surface area contributed by atoms with Gasteiger partial charge < -0.3 is 15.5 Å². The Balaban J connectivity index is 1.67. The molecule has 1 aliphatic rings. The zero-order valence-electron chi connectivity index (χ0n) is 11.5. The molecule has 0 aliphatic carbocycles. The Morgan fingerprint density at radius 1 is 0.947 bits per heavy atom. The number of halogens is 1. The molecule has 1 aromatic carbocycles. The van der Waals surface area contributed by atoms with E-state index in [2.05, 4.69) is 21.9 Å². The van der Waals surface area contributed by atoms with Crippen molar-refractivity contribution < 1.29 is 0 Å². The van der Waals surface area contributed by atoms with Gasteiger partial charge in [0.25, 0.3) is 0 Å². The van der Waals surface area contributed by atoms with Crippen LogP contribution in [0.3, 0.4) is 0 Å². The first-order valence-electron chi connectivity index (χ1n) is 7.17. The third-order valence-corrected chi connectivity index (χ3v) is 4.03. The van der Waals surface area contributed by atoms with Crippen molar-refractivity contribution in [3.63, 3.8) is 0 Å². The highest BCUT2D eigenvalue weighted by Gasteiger charge is 2.15. The van der Waals surface area contributed by atoms with E-state index in [1.807, 2.05) is 12.1 Å². The molecule has 2 rings (SSSR count). The molecule has 0 amide bonds. The molecule has 4 heteroatoms. The summed E-state index contributed by atoms with van der Waals surface area (Å²) in [4.78, 5) is 5.07. The maximum absolute atomic E-state index is 5.89. The second-order valence-electron chi connectivity index (χ2n) is 5.20. The minimum atomic E-state index is 0.802. The van der Waals surface area contributed by atoms with E-state index < -0.39 is 0 Å². The molecule has 0 atom stereocenters. The minimum absolute atomic E-state index is 0.802. The first kappa shape index (κ1) is 14.8. The molecule has 1 heterocycles. The van der Waals surface area contributed by atoms with Gasteiger partial charge in [-0.05, 0) is 43.6 Å². The summed E-state index contributed by atoms with van der Waals surface area (Å²) in [6.07, 6.45) is 2.23. The van der Waals surface area contributed by atoms with Crippen molar-refractivity contribution in [1.82, 2.24) is 9.80 Å². The summed E-state index contributed by atoms with van der Waals surface area (Å²) in [5, 5.41) is 0.817. The molecule has 3 nitrogen and oxygen atoms in total. The quantitative estimate of drug-likeness (QED) is 0.864. The predicted octanol–water partition coefficient (Wildman–Crippen LogP) is 1.85. The second kappa shape index (κ2) is 7.85. The third kappa shape index (κ3) is 5.11. The number of nitrogens with zero attached hydrogens (tertiary/aromatic N) is 2. The topological polar surface area (TPSA) is 32.5 Å². The molecule has 106 valence electrons. The molecule has 1 aromatic rings. The van der Waals surface area contributed by atoms with E-state index in [9.17, 15) is 0 Å². The average molecular weight is 282 g/mol. The lowest BCUT2D eigenvalue weighted by Gasteiger charge is -2.34. The molecule has 1 aliphatic heterocycles. The Morgan fingerprint density at radius 2 is 1.53 bits per heavy atom. The zero-order chi connectivity index (χ0) is 13.5. The molecule has 0 unspecified atom stereocenters. The van der Waals surface area contributed by atoms with Crippen molar-refractivity contribution in [1.29, 1.82) is 0 Å². The number of rotatable bonds is 6. The first-order valence-corrected chi connectivity index (χ1v) is 7.55. The van der Waals surface area contributed by atoms with Gasteiger partial charge in [0, 0.05) is 37.7 Å². The normalized spacial score (nSPS) is 17.8. The fourth-order valence-corrected chi connectivity index (χ4v) is 2.62. The molecular formula is C15H24ClN3. The lowest BCUT2D eigenvalue weighted by Crippen LogP contribution is -2.47. The molecule has 19 heavy (non-hydrogen) atoms. The van der Waals surface area contributed by atoms with E-state index in [4.69, 9.17) is 17.3 Å². The molecule has 2 N–H and O–H groups in total. The van der Waals surface area contributed by atoms with Crippen LogP contribution in [0, 0.1) is 0 Å². The SMILES string of the molecule is NCCCN1CCN(CCc2ccc(Cl)cc2)CC1. The molecular weight excluding hydrogens is 258 g/mol. The van der Waals surface area contributed by atoms with Gasteiger partial charge in [-0.1, -0.05) is 23.7 Å². The van der Waals surface area contributed by atoms with E-state index in [0.717, 1.165) is 37.5 Å². The number of piperazine rings is 1. The lowest BCUT2D eigenvalue weighted by molar-refractivity contribution is 0.133. The highest BCUT2D eigenvalue weighted by atomic mass is 35.5. The predicted molar refractivity (Wildman–Crippen MR) is 81.7 cm³/mol. The van der Waals surface area contributed by atoms with Crippen LogP contribution in [0.25, 0.3) is 0 Å². The van der Waals surface area contributed by atoms with Gasteiger partial charge in [0.2, 0.25) is 0 Å². The number of benzene rings is 1. The van der Waals surface area contributed by atoms with Crippen LogP contribution in [0.1, 0.15) is 12.0 Å². The molecule has 1 fully saturated rings. The summed E-state index contributed by atoms with van der Waals surface area (Å²) in [5.74, 6) is 0. The van der Waals surface area contributed by atoms with E-state index in [1.165, 1.54) is 31.7 Å². The molecule has 1 saturated heterocycles. The fraction of sp³-hybridized carbons (Fsp3) is 0.600. The van der Waals surface area contributed by atoms with Crippen LogP contribution in [0.2, 0.25) is 5.02 Å². The van der Waals surface area contributed by atoms with Gasteiger partial charge in [-0.25, -0.2) is 0 Å². The van der Waals surface area contributed by atoms with Crippen LogP contribution >= 0.6 is 11.6 Å². The van der Waals surface area contributed by atoms with Crippen molar-refractivity contribution in [3.05, 3.63) is 34.9 Å². The van der Waals surface area contributed by atoms with Crippen molar-refractivity contribution in [2.75, 3.05) is 45.8 Å². The van der Waals surface area contributed by atoms with Crippen molar-refractivity contribution >= 4 is 11.6 Å². The Labute approximate surface area is 121 Å². The Bertz CT molecular complexity index is 358. The smallest absolute Gasteiger partial charge is 0.0406 e. The van der Waals surface area contributed by atoms with Crippen molar-refractivity contribution in [3.8, 4) is 0 Å². The maximum atomic E-state index is 5.89. The van der Waals surface area contributed by atoms with Crippen molar-refractivity contribution in [2.45, 2.75) is 12.8 Å². The van der Waals surface area contributed by atoms with Crippen molar-refractivity contribution in [2.24, 2.45) is 5.73 Å². The maximum Gasteiger partial charge on any atom is 0.0406 e. The summed E-state index contributed by atoms with van der Waals surface area (Å²) in [5.41, 5.74) is 6.92. The summed E-state index contributed by atoms with van der Waals surface area (Å²) < 4.78 is 0. The molecule has 0 saturated carbocycles. The summed E-state index contributed by atoms with van der Waals surface area (Å²) in [6, 6.07) is 8.20. The van der Waals surface area contributed by atoms with Gasteiger partial charge in [-0.2, -0.15) is 0 Å². The van der Waals surface area contributed by atoms with E-state index in [0.29, 0.717) is 0 Å². The Kier molecular flexibility index (Phi) is 6.11. The summed E-state index contributed by atoms with van der Waals surface area (Å²) in [7, 11) is 0. The van der Waals surface area contributed by atoms with Gasteiger partial charge in [-0.3, -0.25) is 0 Å². The average Bonchev–Trinajstić information content (AvgIpc) is 2.46. The third-order valence-electron chi connectivity index (χ3n) is 3.77. The molecule has 0 bridgehead atoms. The first-order chi connectivity index (χ1) is 9.28. The highest BCUT2D eigenvalue weighted by Crippen LogP contribution is 2.11. The van der Waals surface area contributed by atoms with Crippen LogP contribution in [-0.4, -0.2) is 55.6 Å². The Hall–Kier alpha value is -0.610. The van der Waals surface area contributed by atoms with Gasteiger partial charge in [0.1, 0.15) is 0 Å². The van der Waals surface area contributed by atoms with Crippen LogP contribution in [0.15, 0.2) is 24.3 Å². The lowest BCUT2D eigenvalue weighted by atomic mass is 10.1. The largest absolute Gasteiger partial charge is 0.330 e. The van der Waals surface area contributed by atoms with E-state index in [-0.39, 0.29) is 0 Å². The number of nitrogens with two attached hydrogens (primary N) is 1. The standard InChI is InChI=1S/C15H24ClN3/c16-15-4-2-14(3-5-15)6-9-19-12-10-18(11-13-19)8-1-7-17/h2-5H,1,6-13,17H2. The van der Waals surface area contributed by atoms with Crippen LogP contribution in [0.5, 0.6) is 0 Å². The fourth-order valence-electron chi connectivity index (χ4n) is 2.49. The monoisotopic (exact) mass is 281 g/mol. The molecule has 0 aromatic heterocycles. The summed E-state index contributed by atoms with van der Waals surface area (Å²) >= 11 is 5.89. The summed E-state index contributed by atoms with van der Waals surface area (Å²) in [6.45, 7) is 7.82. The van der Waals surface area contributed by atoms with Gasteiger partial charge in [0.15, 0.2) is 0 Å². The van der Waals surface area contributed by atoms with Gasteiger partial charge >= 0.3 is 0 Å². The van der Waals surface area contributed by atoms with Crippen LogP contribution in [-0.2, 0) is 6.42 Å². The van der Waals surface area contributed by atoms with Gasteiger partial charge in [-0.15, -0.1) is 0 Å². The second-order valence-corrected chi connectivity index (χ2v) is 5.64. The molecule has 0 spiro atoms. The van der Waals surface area contributed by atoms with Gasteiger partial charge in [0.05, 0.1) is 0 Å². The molecule has 0 radical (unpaired) electrons. The highest BCUT2D eigenvalue weighted by molar-refractivity contribution is 6.30. The Morgan fingerprint density at radius 3 is 2.11 bits per heavy atom. The van der Waals surface area contributed by atoms with Crippen LogP contribution in [0.4, 0.5) is 0 Å². The minimum Gasteiger partial charge on any atom is -0.330 e. The van der Waals surface area contributed by atoms with E-state index >= 15 is 0 Å². The zero-order valence-corrected chi connectivity index (χ0v) is 12.3. The number of hydrogen-bond acceptors (Lipinski definition) is 3. The van der Waals surface area contributed by atoms with Crippen LogP contribution < -0.4 is 5.73 Å².